The number of pyridine rings is 1. The average Bonchev–Trinajstić information content (AvgIpc) is 3.02. The van der Waals surface area contributed by atoms with E-state index in [0.29, 0.717) is 13.1 Å². The number of rotatable bonds is 5. The summed E-state index contributed by atoms with van der Waals surface area (Å²) in [5.74, 6) is 0.248. The van der Waals surface area contributed by atoms with Crippen molar-refractivity contribution in [2.45, 2.75) is 13.0 Å². The molecule has 24 heavy (non-hydrogen) atoms. The van der Waals surface area contributed by atoms with Crippen molar-refractivity contribution in [1.82, 2.24) is 10.3 Å². The Morgan fingerprint density at radius 3 is 2.79 bits per heavy atom. The fraction of sp³-hybridized carbons (Fsp3) is 0.278. The van der Waals surface area contributed by atoms with Gasteiger partial charge in [0.15, 0.2) is 0 Å². The Labute approximate surface area is 140 Å². The summed E-state index contributed by atoms with van der Waals surface area (Å²) in [6.45, 7) is 0.809. The molecule has 6 heteroatoms. The standard InChI is InChI=1S/C18H19N3O3/c1-24-16-6-4-15(5-7-16)21-12-14(9-17(21)22)18(23)20-11-13-3-2-8-19-10-13/h2-8,10,14H,9,11-12H2,1H3,(H,20,23)/t14-/m1/s1. The van der Waals surface area contributed by atoms with E-state index in [1.807, 2.05) is 24.3 Å². The number of anilines is 1. The average molecular weight is 325 g/mol. The molecule has 1 aliphatic heterocycles. The molecule has 2 aromatic rings. The smallest absolute Gasteiger partial charge is 0.227 e. The van der Waals surface area contributed by atoms with Gasteiger partial charge in [-0.1, -0.05) is 6.07 Å². The molecule has 3 rings (SSSR count). The van der Waals surface area contributed by atoms with Crippen molar-refractivity contribution in [3.8, 4) is 5.75 Å². The van der Waals surface area contributed by atoms with Crippen LogP contribution in [-0.2, 0) is 16.1 Å². The van der Waals surface area contributed by atoms with Crippen molar-refractivity contribution < 1.29 is 14.3 Å². The summed E-state index contributed by atoms with van der Waals surface area (Å²) in [4.78, 5) is 30.2. The fourth-order valence-corrected chi connectivity index (χ4v) is 2.73. The Bertz CT molecular complexity index is 716. The van der Waals surface area contributed by atoms with E-state index in [9.17, 15) is 9.59 Å². The molecule has 2 heterocycles. The molecule has 1 aromatic carbocycles. The zero-order chi connectivity index (χ0) is 16.9. The van der Waals surface area contributed by atoms with Crippen molar-refractivity contribution in [2.24, 2.45) is 5.92 Å². The van der Waals surface area contributed by atoms with E-state index in [1.54, 1.807) is 36.5 Å². The van der Waals surface area contributed by atoms with Crippen LogP contribution in [0.4, 0.5) is 5.69 Å². The van der Waals surface area contributed by atoms with Gasteiger partial charge in [0.25, 0.3) is 0 Å². The first-order chi connectivity index (χ1) is 11.7. The van der Waals surface area contributed by atoms with Crippen LogP contribution in [0, 0.1) is 5.92 Å². The second kappa shape index (κ2) is 7.12. The van der Waals surface area contributed by atoms with Crippen LogP contribution < -0.4 is 15.0 Å². The van der Waals surface area contributed by atoms with Crippen LogP contribution in [0.15, 0.2) is 48.8 Å². The first-order valence-corrected chi connectivity index (χ1v) is 7.78. The van der Waals surface area contributed by atoms with Gasteiger partial charge in [0.2, 0.25) is 11.8 Å². The Kier molecular flexibility index (Phi) is 4.74. The lowest BCUT2D eigenvalue weighted by atomic mass is 10.1. The van der Waals surface area contributed by atoms with Crippen LogP contribution in [0.5, 0.6) is 5.75 Å². The van der Waals surface area contributed by atoms with E-state index in [-0.39, 0.29) is 24.2 Å². The molecule has 1 fully saturated rings. The minimum absolute atomic E-state index is 0.0401. The number of amides is 2. The summed E-state index contributed by atoms with van der Waals surface area (Å²) in [5, 5.41) is 2.87. The van der Waals surface area contributed by atoms with Gasteiger partial charge >= 0.3 is 0 Å². The predicted octanol–water partition coefficient (Wildman–Crippen LogP) is 1.76. The Balaban J connectivity index is 1.60. The molecule has 1 aliphatic rings. The van der Waals surface area contributed by atoms with Gasteiger partial charge in [-0.25, -0.2) is 0 Å². The van der Waals surface area contributed by atoms with Crippen molar-refractivity contribution in [3.63, 3.8) is 0 Å². The van der Waals surface area contributed by atoms with E-state index in [2.05, 4.69) is 10.3 Å². The van der Waals surface area contributed by atoms with Crippen molar-refractivity contribution >= 4 is 17.5 Å². The van der Waals surface area contributed by atoms with Gasteiger partial charge in [-0.15, -0.1) is 0 Å². The number of ether oxygens (including phenoxy) is 1. The fourth-order valence-electron chi connectivity index (χ4n) is 2.73. The highest BCUT2D eigenvalue weighted by molar-refractivity contribution is 6.00. The molecule has 0 spiro atoms. The second-order valence-electron chi connectivity index (χ2n) is 5.68. The first kappa shape index (κ1) is 16.0. The van der Waals surface area contributed by atoms with Gasteiger partial charge in [-0.3, -0.25) is 14.6 Å². The Hall–Kier alpha value is -2.89. The summed E-state index contributed by atoms with van der Waals surface area (Å²) in [5.41, 5.74) is 1.71. The first-order valence-electron chi connectivity index (χ1n) is 7.78. The molecule has 0 unspecified atom stereocenters. The summed E-state index contributed by atoms with van der Waals surface area (Å²) < 4.78 is 5.12. The van der Waals surface area contributed by atoms with E-state index in [4.69, 9.17) is 4.74 Å². The van der Waals surface area contributed by atoms with Gasteiger partial charge in [0.05, 0.1) is 13.0 Å². The molecular weight excluding hydrogens is 306 g/mol. The molecule has 2 amide bonds. The van der Waals surface area contributed by atoms with Crippen LogP contribution in [0.25, 0.3) is 0 Å². The summed E-state index contributed by atoms with van der Waals surface area (Å²) in [6, 6.07) is 11.0. The van der Waals surface area contributed by atoms with Crippen LogP contribution in [0.3, 0.4) is 0 Å². The minimum atomic E-state index is -0.337. The maximum atomic E-state index is 12.3. The summed E-state index contributed by atoms with van der Waals surface area (Å²) in [6.07, 6.45) is 3.63. The summed E-state index contributed by atoms with van der Waals surface area (Å²) in [7, 11) is 1.60. The molecule has 124 valence electrons. The van der Waals surface area contributed by atoms with Gasteiger partial charge in [0.1, 0.15) is 5.75 Å². The number of carbonyl (C=O) groups excluding carboxylic acids is 2. The number of hydrogen-bond acceptors (Lipinski definition) is 4. The highest BCUT2D eigenvalue weighted by atomic mass is 16.5. The number of hydrogen-bond donors (Lipinski definition) is 1. The van der Waals surface area contributed by atoms with Crippen LogP contribution in [0.1, 0.15) is 12.0 Å². The summed E-state index contributed by atoms with van der Waals surface area (Å²) >= 11 is 0. The van der Waals surface area contributed by atoms with Crippen LogP contribution in [0.2, 0.25) is 0 Å². The topological polar surface area (TPSA) is 71.5 Å². The van der Waals surface area contributed by atoms with Gasteiger partial charge in [-0.05, 0) is 35.9 Å². The zero-order valence-electron chi connectivity index (χ0n) is 13.4. The number of aromatic nitrogens is 1. The number of nitrogens with one attached hydrogen (secondary N) is 1. The lowest BCUT2D eigenvalue weighted by molar-refractivity contribution is -0.126. The SMILES string of the molecule is COc1ccc(N2C[C@H](C(=O)NCc3cccnc3)CC2=O)cc1. The van der Waals surface area contributed by atoms with Gasteiger partial charge in [-0.2, -0.15) is 0 Å². The lowest BCUT2D eigenvalue weighted by Crippen LogP contribution is -2.32. The highest BCUT2D eigenvalue weighted by Crippen LogP contribution is 2.26. The largest absolute Gasteiger partial charge is 0.497 e. The molecule has 1 N–H and O–H groups in total. The molecule has 0 radical (unpaired) electrons. The number of nitrogens with zero attached hydrogens (tertiary/aromatic N) is 2. The highest BCUT2D eigenvalue weighted by Gasteiger charge is 2.34. The maximum Gasteiger partial charge on any atom is 0.227 e. The van der Waals surface area contributed by atoms with Crippen molar-refractivity contribution in [3.05, 3.63) is 54.4 Å². The Morgan fingerprint density at radius 1 is 1.33 bits per heavy atom. The van der Waals surface area contributed by atoms with Crippen molar-refractivity contribution in [1.29, 1.82) is 0 Å². The molecule has 1 aromatic heterocycles. The molecule has 1 saturated heterocycles. The lowest BCUT2D eigenvalue weighted by Gasteiger charge is -2.17. The predicted molar refractivity (Wildman–Crippen MR) is 89.5 cm³/mol. The molecule has 6 nitrogen and oxygen atoms in total. The van der Waals surface area contributed by atoms with E-state index in [0.717, 1.165) is 17.0 Å². The normalized spacial score (nSPS) is 17.0. The third-order valence-corrected chi connectivity index (χ3v) is 4.07. The van der Waals surface area contributed by atoms with Gasteiger partial charge < -0.3 is 15.0 Å². The molecule has 0 bridgehead atoms. The number of carbonyl (C=O) groups is 2. The van der Waals surface area contributed by atoms with E-state index >= 15 is 0 Å². The van der Waals surface area contributed by atoms with Crippen molar-refractivity contribution in [2.75, 3.05) is 18.6 Å². The molecular formula is C18H19N3O3. The minimum Gasteiger partial charge on any atom is -0.497 e. The second-order valence-corrected chi connectivity index (χ2v) is 5.68. The quantitative estimate of drug-likeness (QED) is 0.909. The molecule has 0 aliphatic carbocycles. The van der Waals surface area contributed by atoms with E-state index < -0.39 is 0 Å². The van der Waals surface area contributed by atoms with Crippen LogP contribution >= 0.6 is 0 Å². The van der Waals surface area contributed by atoms with Gasteiger partial charge in [0, 0.05) is 37.6 Å². The third kappa shape index (κ3) is 3.53. The number of benzene rings is 1. The molecule has 0 saturated carbocycles. The monoisotopic (exact) mass is 325 g/mol. The zero-order valence-corrected chi connectivity index (χ0v) is 13.4. The number of methoxy groups -OCH3 is 1. The van der Waals surface area contributed by atoms with Crippen LogP contribution in [-0.4, -0.2) is 30.5 Å². The third-order valence-electron chi connectivity index (χ3n) is 4.07. The maximum absolute atomic E-state index is 12.3. The molecule has 1 atom stereocenters. The van der Waals surface area contributed by atoms with E-state index in [1.165, 1.54) is 0 Å². The Morgan fingerprint density at radius 2 is 2.12 bits per heavy atom.